The van der Waals surface area contributed by atoms with Crippen molar-refractivity contribution in [3.05, 3.63) is 52.7 Å². The summed E-state index contributed by atoms with van der Waals surface area (Å²) < 4.78 is 10.7. The molecule has 0 aromatic heterocycles. The molecular weight excluding hydrogens is 351 g/mol. The Bertz CT molecular complexity index is 752. The van der Waals surface area contributed by atoms with Crippen LogP contribution < -0.4 is 10.6 Å². The highest BCUT2D eigenvalue weighted by Gasteiger charge is 2.24. The molecule has 1 aliphatic heterocycles. The number of carbonyl (C=O) groups is 1. The van der Waals surface area contributed by atoms with E-state index in [9.17, 15) is 4.79 Å². The summed E-state index contributed by atoms with van der Waals surface area (Å²) in [6.45, 7) is 3.09. The molecule has 7 heteroatoms. The van der Waals surface area contributed by atoms with E-state index in [0.29, 0.717) is 15.8 Å². The van der Waals surface area contributed by atoms with Crippen LogP contribution in [0.25, 0.3) is 0 Å². The summed E-state index contributed by atoms with van der Waals surface area (Å²) in [6, 6.07) is 4.70. The summed E-state index contributed by atoms with van der Waals surface area (Å²) in [4.78, 5) is 11.3. The van der Waals surface area contributed by atoms with Crippen molar-refractivity contribution < 1.29 is 14.3 Å². The van der Waals surface area contributed by atoms with Gasteiger partial charge < -0.3 is 9.47 Å². The second kappa shape index (κ2) is 7.63. The van der Waals surface area contributed by atoms with E-state index >= 15 is 0 Å². The molecule has 0 radical (unpaired) electrons. The van der Waals surface area contributed by atoms with E-state index < -0.39 is 17.8 Å². The fourth-order valence-corrected chi connectivity index (χ4v) is 2.13. The van der Waals surface area contributed by atoms with Gasteiger partial charge in [0.15, 0.2) is 0 Å². The van der Waals surface area contributed by atoms with Gasteiger partial charge in [0, 0.05) is 19.2 Å². The van der Waals surface area contributed by atoms with Gasteiger partial charge in [-0.3, -0.25) is 9.80 Å². The van der Waals surface area contributed by atoms with Crippen LogP contribution in [-0.2, 0) is 9.53 Å². The van der Waals surface area contributed by atoms with E-state index in [-0.39, 0.29) is 0 Å². The number of hydrogen-bond donors (Lipinski definition) is 1. The first-order valence-corrected chi connectivity index (χ1v) is 7.77. The molecule has 24 heavy (non-hydrogen) atoms. The fourth-order valence-electron chi connectivity index (χ4n) is 1.84. The van der Waals surface area contributed by atoms with E-state index in [1.807, 2.05) is 19.1 Å². The Labute approximate surface area is 150 Å². The van der Waals surface area contributed by atoms with Gasteiger partial charge in [-0.25, -0.2) is 5.84 Å². The summed E-state index contributed by atoms with van der Waals surface area (Å²) in [5, 5.41) is 2.16. The van der Waals surface area contributed by atoms with E-state index in [4.69, 9.17) is 38.5 Å². The Balaban J connectivity index is 2.21. The number of esters is 1. The van der Waals surface area contributed by atoms with Crippen LogP contribution in [0.2, 0.25) is 10.0 Å². The first-order chi connectivity index (χ1) is 11.3. The van der Waals surface area contributed by atoms with Crippen LogP contribution in [0.5, 0.6) is 5.75 Å². The van der Waals surface area contributed by atoms with Crippen molar-refractivity contribution in [3.8, 4) is 17.6 Å². The minimum absolute atomic E-state index is 0.323. The molecule has 1 aliphatic rings. The molecule has 0 bridgehead atoms. The Hall–Kier alpha value is -2.13. The van der Waals surface area contributed by atoms with E-state index in [2.05, 4.69) is 11.8 Å². The van der Waals surface area contributed by atoms with E-state index in [0.717, 1.165) is 0 Å². The number of nitrogens with zero attached hydrogens (tertiary/aromatic N) is 1. The number of benzene rings is 1. The van der Waals surface area contributed by atoms with Crippen LogP contribution in [0, 0.1) is 11.8 Å². The van der Waals surface area contributed by atoms with Gasteiger partial charge in [0.2, 0.25) is 0 Å². The van der Waals surface area contributed by atoms with Crippen LogP contribution in [0.3, 0.4) is 0 Å². The highest BCUT2D eigenvalue weighted by atomic mass is 35.5. The van der Waals surface area contributed by atoms with Crippen molar-refractivity contribution in [1.82, 2.24) is 5.01 Å². The van der Waals surface area contributed by atoms with Crippen molar-refractivity contribution in [3.63, 3.8) is 0 Å². The number of halogens is 2. The quantitative estimate of drug-likeness (QED) is 0.384. The molecule has 0 aliphatic carbocycles. The molecule has 0 saturated heterocycles. The predicted octanol–water partition coefficient (Wildman–Crippen LogP) is 3.28. The lowest BCUT2D eigenvalue weighted by Gasteiger charge is -2.31. The lowest BCUT2D eigenvalue weighted by molar-refractivity contribution is -0.154. The van der Waals surface area contributed by atoms with Crippen LogP contribution in [0.4, 0.5) is 0 Å². The van der Waals surface area contributed by atoms with Gasteiger partial charge in [-0.1, -0.05) is 35.2 Å². The number of hydrogen-bond acceptors (Lipinski definition) is 5. The minimum atomic E-state index is -1.11. The molecule has 1 aromatic carbocycles. The lowest BCUT2D eigenvalue weighted by atomic mass is 10.00. The molecule has 2 rings (SSSR count). The van der Waals surface area contributed by atoms with Crippen molar-refractivity contribution in [2.24, 2.45) is 5.84 Å². The fraction of sp³-hybridized carbons (Fsp3) is 0.235. The standard InChI is InChI=1S/C17H16Cl2N2O3/c1-12(22)23-16(24-13-5-6-14(18)15(19)11-13)7-9-17(2)8-3-4-10-21(17)20/h3-6,8,10-11,16H,20H2,1-2H3. The summed E-state index contributed by atoms with van der Waals surface area (Å²) in [5.74, 6) is 11.5. The third kappa shape index (κ3) is 4.68. The highest BCUT2D eigenvalue weighted by molar-refractivity contribution is 6.42. The normalized spacial score (nSPS) is 20.1. The van der Waals surface area contributed by atoms with Crippen LogP contribution in [-0.4, -0.2) is 22.8 Å². The molecule has 126 valence electrons. The molecule has 1 heterocycles. The molecule has 0 fully saturated rings. The zero-order valence-electron chi connectivity index (χ0n) is 13.1. The highest BCUT2D eigenvalue weighted by Crippen LogP contribution is 2.27. The maximum Gasteiger partial charge on any atom is 0.308 e. The van der Waals surface area contributed by atoms with Crippen LogP contribution >= 0.6 is 23.2 Å². The smallest absolute Gasteiger partial charge is 0.308 e. The molecule has 0 spiro atoms. The van der Waals surface area contributed by atoms with Gasteiger partial charge >= 0.3 is 12.3 Å². The average Bonchev–Trinajstić information content (AvgIpc) is 2.51. The van der Waals surface area contributed by atoms with Gasteiger partial charge in [-0.2, -0.15) is 0 Å². The first kappa shape index (κ1) is 18.2. The summed E-state index contributed by atoms with van der Waals surface area (Å²) in [5.41, 5.74) is -0.742. The largest absolute Gasteiger partial charge is 0.444 e. The average molecular weight is 367 g/mol. The SMILES string of the molecule is CC(=O)OC(C#CC1(C)C=CC=CN1N)Oc1ccc(Cl)c(Cl)c1. The molecule has 1 aromatic rings. The maximum absolute atomic E-state index is 11.3. The molecule has 5 nitrogen and oxygen atoms in total. The number of allylic oxidation sites excluding steroid dienone is 2. The Kier molecular flexibility index (Phi) is 5.79. The van der Waals surface area contributed by atoms with Crippen molar-refractivity contribution in [2.75, 3.05) is 0 Å². The Morgan fingerprint density at radius 1 is 1.33 bits per heavy atom. The predicted molar refractivity (Wildman–Crippen MR) is 93.1 cm³/mol. The first-order valence-electron chi connectivity index (χ1n) is 7.02. The second-order valence-electron chi connectivity index (χ2n) is 5.16. The van der Waals surface area contributed by atoms with Gasteiger partial charge in [0.25, 0.3) is 0 Å². The Morgan fingerprint density at radius 2 is 2.08 bits per heavy atom. The van der Waals surface area contributed by atoms with Crippen LogP contribution in [0.15, 0.2) is 42.6 Å². The summed E-state index contributed by atoms with van der Waals surface area (Å²) in [6.07, 6.45) is 6.03. The second-order valence-corrected chi connectivity index (χ2v) is 5.97. The topological polar surface area (TPSA) is 64.8 Å². The summed E-state index contributed by atoms with van der Waals surface area (Å²) >= 11 is 11.8. The lowest BCUT2D eigenvalue weighted by Crippen LogP contribution is -2.46. The van der Waals surface area contributed by atoms with Crippen molar-refractivity contribution in [2.45, 2.75) is 25.7 Å². The van der Waals surface area contributed by atoms with E-state index in [1.165, 1.54) is 18.0 Å². The summed E-state index contributed by atoms with van der Waals surface area (Å²) in [7, 11) is 0. The maximum atomic E-state index is 11.3. The minimum Gasteiger partial charge on any atom is -0.444 e. The molecule has 0 saturated carbocycles. The van der Waals surface area contributed by atoms with E-state index in [1.54, 1.807) is 24.4 Å². The van der Waals surface area contributed by atoms with Gasteiger partial charge in [0.05, 0.1) is 10.0 Å². The van der Waals surface area contributed by atoms with Crippen molar-refractivity contribution >= 4 is 29.2 Å². The zero-order chi connectivity index (χ0) is 17.7. The third-order valence-electron chi connectivity index (χ3n) is 3.17. The molecule has 2 unspecified atom stereocenters. The molecule has 2 atom stereocenters. The molecular formula is C17H16Cl2N2O3. The zero-order valence-corrected chi connectivity index (χ0v) is 14.6. The monoisotopic (exact) mass is 366 g/mol. The molecule has 0 amide bonds. The van der Waals surface area contributed by atoms with Gasteiger partial charge in [-0.15, -0.1) is 0 Å². The van der Waals surface area contributed by atoms with Gasteiger partial charge in [-0.05, 0) is 37.1 Å². The van der Waals surface area contributed by atoms with Crippen molar-refractivity contribution in [1.29, 1.82) is 0 Å². The number of rotatable bonds is 3. The number of hydrazine groups is 1. The Morgan fingerprint density at radius 3 is 2.71 bits per heavy atom. The number of carbonyl (C=O) groups excluding carboxylic acids is 1. The van der Waals surface area contributed by atoms with Crippen LogP contribution in [0.1, 0.15) is 13.8 Å². The van der Waals surface area contributed by atoms with Gasteiger partial charge in [0.1, 0.15) is 11.3 Å². The number of nitrogens with two attached hydrogens (primary N) is 1. The third-order valence-corrected chi connectivity index (χ3v) is 3.90. The number of ether oxygens (including phenoxy) is 2. The molecule has 2 N–H and O–H groups in total.